The van der Waals surface area contributed by atoms with E-state index in [4.69, 9.17) is 11.1 Å². The zero-order valence-electron chi connectivity index (χ0n) is 6.10. The molecule has 0 heterocycles. The van der Waals surface area contributed by atoms with Crippen LogP contribution in [0.15, 0.2) is 0 Å². The fourth-order valence-electron chi connectivity index (χ4n) is 0.623. The van der Waals surface area contributed by atoms with Gasteiger partial charge >= 0.3 is 5.97 Å². The normalized spacial score (nSPS) is 9.18. The molecule has 0 aliphatic rings. The van der Waals surface area contributed by atoms with Crippen LogP contribution in [0.25, 0.3) is 0 Å². The van der Waals surface area contributed by atoms with Crippen molar-refractivity contribution in [1.82, 2.24) is 0 Å². The summed E-state index contributed by atoms with van der Waals surface area (Å²) in [5.41, 5.74) is 5.03. The van der Waals surface area contributed by atoms with Gasteiger partial charge in [0.25, 0.3) is 0 Å². The molecule has 0 unspecified atom stereocenters. The average Bonchev–Trinajstić information content (AvgIpc) is 1.97. The molecule has 3 N–H and O–H groups in total. The van der Waals surface area contributed by atoms with Crippen LogP contribution in [0.5, 0.6) is 0 Å². The lowest BCUT2D eigenvalue weighted by Crippen LogP contribution is -2.09. The molecule has 0 rings (SSSR count). The lowest BCUT2D eigenvalue weighted by Gasteiger charge is -1.95. The number of nitrogens with one attached hydrogen (secondary N) is 1. The maximum atomic E-state index is 11.1. The third kappa shape index (κ3) is 6.76. The Morgan fingerprint density at radius 2 is 2.00 bits per heavy atom. The maximum Gasteiger partial charge on any atom is 0.348 e. The van der Waals surface area contributed by atoms with Crippen molar-refractivity contribution >= 4 is 11.8 Å². The van der Waals surface area contributed by atoms with Crippen molar-refractivity contribution in [3.63, 3.8) is 0 Å². The van der Waals surface area contributed by atoms with E-state index in [1.807, 2.05) is 0 Å². The Hall–Kier alpha value is -1.13. The summed E-state index contributed by atoms with van der Waals surface area (Å²) in [4.78, 5) is 13.1. The summed E-state index contributed by atoms with van der Waals surface area (Å²) in [7, 11) is 0. The molecule has 0 bridgehead atoms. The molecule has 0 aliphatic heterocycles. The van der Waals surface area contributed by atoms with E-state index in [0.29, 0.717) is 19.3 Å². The zero-order valence-corrected chi connectivity index (χ0v) is 6.10. The van der Waals surface area contributed by atoms with E-state index in [0.717, 1.165) is 0 Å². The van der Waals surface area contributed by atoms with Gasteiger partial charge in [-0.25, -0.2) is 4.79 Å². The van der Waals surface area contributed by atoms with Crippen molar-refractivity contribution in [2.24, 2.45) is 5.73 Å². The molecular formula is C6H11FN2O2. The Morgan fingerprint density at radius 1 is 1.45 bits per heavy atom. The number of hydrogen-bond acceptors (Lipinski definition) is 3. The second kappa shape index (κ2) is 5.64. The molecule has 0 aromatic heterocycles. The summed E-state index contributed by atoms with van der Waals surface area (Å²) in [6, 6.07) is 0. The monoisotopic (exact) mass is 162 g/mol. The van der Waals surface area contributed by atoms with Gasteiger partial charge < -0.3 is 5.73 Å². The van der Waals surface area contributed by atoms with Crippen molar-refractivity contribution in [2.75, 3.05) is 0 Å². The van der Waals surface area contributed by atoms with E-state index >= 15 is 0 Å². The number of carbonyl (C=O) groups is 1. The van der Waals surface area contributed by atoms with Gasteiger partial charge in [0.1, 0.15) is 0 Å². The van der Waals surface area contributed by atoms with Crippen LogP contribution in [0.1, 0.15) is 25.7 Å². The molecule has 0 saturated carbocycles. The van der Waals surface area contributed by atoms with Crippen molar-refractivity contribution in [3.05, 3.63) is 0 Å². The van der Waals surface area contributed by atoms with E-state index in [1.54, 1.807) is 0 Å². The highest BCUT2D eigenvalue weighted by Gasteiger charge is 2.01. The van der Waals surface area contributed by atoms with Crippen molar-refractivity contribution in [1.29, 1.82) is 5.41 Å². The molecule has 0 saturated heterocycles. The number of amidine groups is 1. The van der Waals surface area contributed by atoms with Crippen molar-refractivity contribution < 1.29 is 14.3 Å². The fourth-order valence-corrected chi connectivity index (χ4v) is 0.623. The highest BCUT2D eigenvalue weighted by atomic mass is 19.3. The first-order valence-electron chi connectivity index (χ1n) is 3.31. The van der Waals surface area contributed by atoms with Crippen LogP contribution >= 0.6 is 0 Å². The molecule has 0 aliphatic carbocycles. The smallest absolute Gasteiger partial charge is 0.348 e. The van der Waals surface area contributed by atoms with Crippen LogP contribution in [-0.2, 0) is 9.74 Å². The summed E-state index contributed by atoms with van der Waals surface area (Å²) in [5, 5.41) is 6.81. The highest BCUT2D eigenvalue weighted by molar-refractivity contribution is 5.76. The molecule has 0 aromatic carbocycles. The van der Waals surface area contributed by atoms with Gasteiger partial charge in [0.15, 0.2) is 0 Å². The van der Waals surface area contributed by atoms with E-state index < -0.39 is 5.97 Å². The highest BCUT2D eigenvalue weighted by Crippen LogP contribution is 2.00. The predicted octanol–water partition coefficient (Wildman–Crippen LogP) is 0.910. The van der Waals surface area contributed by atoms with Crippen LogP contribution in [0.4, 0.5) is 4.53 Å². The SMILES string of the molecule is N=C(N)CCCCC(=O)OF. The molecular weight excluding hydrogens is 151 g/mol. The Morgan fingerprint density at radius 3 is 2.45 bits per heavy atom. The summed E-state index contributed by atoms with van der Waals surface area (Å²) in [6.07, 6.45) is 1.61. The first-order valence-corrected chi connectivity index (χ1v) is 3.31. The fraction of sp³-hybridized carbons (Fsp3) is 0.667. The van der Waals surface area contributed by atoms with E-state index in [9.17, 15) is 9.32 Å². The van der Waals surface area contributed by atoms with Crippen LogP contribution < -0.4 is 5.73 Å². The molecule has 0 atom stereocenters. The first kappa shape index (κ1) is 9.87. The largest absolute Gasteiger partial charge is 0.388 e. The lowest BCUT2D eigenvalue weighted by atomic mass is 10.2. The van der Waals surface area contributed by atoms with Gasteiger partial charge in [0.2, 0.25) is 0 Å². The second-order valence-corrected chi connectivity index (χ2v) is 2.18. The lowest BCUT2D eigenvalue weighted by molar-refractivity contribution is -0.183. The van der Waals surface area contributed by atoms with Crippen molar-refractivity contribution in [3.8, 4) is 0 Å². The third-order valence-corrected chi connectivity index (χ3v) is 1.16. The number of rotatable bonds is 5. The van der Waals surface area contributed by atoms with E-state index in [-0.39, 0.29) is 12.3 Å². The van der Waals surface area contributed by atoms with Gasteiger partial charge in [-0.1, -0.05) is 0 Å². The van der Waals surface area contributed by atoms with Crippen molar-refractivity contribution in [2.45, 2.75) is 25.7 Å². The van der Waals surface area contributed by atoms with Crippen LogP contribution in [0.3, 0.4) is 0 Å². The molecule has 5 heteroatoms. The minimum Gasteiger partial charge on any atom is -0.388 e. The Kier molecular flexibility index (Phi) is 5.06. The maximum absolute atomic E-state index is 11.1. The van der Waals surface area contributed by atoms with Gasteiger partial charge in [0.05, 0.1) is 5.84 Å². The average molecular weight is 162 g/mol. The molecule has 0 spiro atoms. The van der Waals surface area contributed by atoms with E-state index in [2.05, 4.69) is 4.94 Å². The Balaban J connectivity index is 3.14. The van der Waals surface area contributed by atoms with Gasteiger partial charge in [-0.15, -0.1) is 0 Å². The standard InChI is InChI=1S/C6H11FN2O2/c7-11-6(10)4-2-1-3-5(8)9/h1-4H2,(H3,8,9). The summed E-state index contributed by atoms with van der Waals surface area (Å²) in [6.45, 7) is 0. The second-order valence-electron chi connectivity index (χ2n) is 2.18. The minimum absolute atomic E-state index is 0.0454. The topological polar surface area (TPSA) is 76.2 Å². The molecule has 4 nitrogen and oxygen atoms in total. The molecule has 64 valence electrons. The third-order valence-electron chi connectivity index (χ3n) is 1.16. The first-order chi connectivity index (χ1) is 5.16. The molecule has 11 heavy (non-hydrogen) atoms. The molecule has 0 fully saturated rings. The summed E-state index contributed by atoms with van der Waals surface area (Å²) in [5.74, 6) is -0.785. The van der Waals surface area contributed by atoms with Gasteiger partial charge in [-0.05, 0) is 12.8 Å². The number of hydrogen-bond donors (Lipinski definition) is 2. The van der Waals surface area contributed by atoms with Gasteiger partial charge in [-0.2, -0.15) is 0 Å². The Bertz CT molecular complexity index is 150. The Labute approximate surface area is 63.9 Å². The van der Waals surface area contributed by atoms with Gasteiger partial charge in [-0.3, -0.25) is 10.4 Å². The van der Waals surface area contributed by atoms with Crippen LogP contribution in [0.2, 0.25) is 0 Å². The predicted molar refractivity (Wildman–Crippen MR) is 37.6 cm³/mol. The van der Waals surface area contributed by atoms with Crippen LogP contribution in [0, 0.1) is 5.41 Å². The molecule has 0 aromatic rings. The van der Waals surface area contributed by atoms with Gasteiger partial charge in [0, 0.05) is 17.4 Å². The number of unbranched alkanes of at least 4 members (excludes halogenated alkanes) is 1. The quantitative estimate of drug-likeness (QED) is 0.358. The van der Waals surface area contributed by atoms with E-state index in [1.165, 1.54) is 0 Å². The number of halogens is 1. The zero-order chi connectivity index (χ0) is 8.69. The summed E-state index contributed by atoms with van der Waals surface area (Å²) >= 11 is 0. The summed E-state index contributed by atoms with van der Waals surface area (Å²) < 4.78 is 11.1. The molecule has 0 radical (unpaired) electrons. The number of nitrogens with two attached hydrogens (primary N) is 1. The number of carbonyl (C=O) groups excluding carboxylic acids is 1. The van der Waals surface area contributed by atoms with Crippen LogP contribution in [-0.4, -0.2) is 11.8 Å². The minimum atomic E-state index is -0.867. The molecule has 0 amide bonds.